The Morgan fingerprint density at radius 1 is 1.39 bits per heavy atom. The summed E-state index contributed by atoms with van der Waals surface area (Å²) in [7, 11) is 1.91. The van der Waals surface area contributed by atoms with Gasteiger partial charge >= 0.3 is 0 Å². The van der Waals surface area contributed by atoms with E-state index < -0.39 is 0 Å². The maximum atomic E-state index is 5.55. The molecule has 1 unspecified atom stereocenters. The van der Waals surface area contributed by atoms with Crippen LogP contribution < -0.4 is 5.32 Å². The van der Waals surface area contributed by atoms with Crippen molar-refractivity contribution >= 4 is 0 Å². The summed E-state index contributed by atoms with van der Waals surface area (Å²) < 4.78 is 5.55. The van der Waals surface area contributed by atoms with Crippen LogP contribution in [-0.4, -0.2) is 37.4 Å². The van der Waals surface area contributed by atoms with Crippen LogP contribution in [0.25, 0.3) is 0 Å². The van der Waals surface area contributed by atoms with Crippen molar-refractivity contribution in [2.45, 2.75) is 32.2 Å². The van der Waals surface area contributed by atoms with Crippen molar-refractivity contribution in [2.24, 2.45) is 10.3 Å². The molecule has 0 fully saturated rings. The highest BCUT2D eigenvalue weighted by Crippen LogP contribution is 2.24. The molecule has 0 aromatic rings. The summed E-state index contributed by atoms with van der Waals surface area (Å²) in [5.41, 5.74) is -0.131. The minimum absolute atomic E-state index is 0.131. The van der Waals surface area contributed by atoms with Gasteiger partial charge in [-0.25, -0.2) is 5.01 Å². The van der Waals surface area contributed by atoms with Gasteiger partial charge in [-0.15, -0.1) is 5.11 Å². The summed E-state index contributed by atoms with van der Waals surface area (Å²) >= 11 is 0. The first-order valence-electron chi connectivity index (χ1n) is 6.30. The third-order valence-corrected chi connectivity index (χ3v) is 3.00. The normalized spacial score (nSPS) is 14.4. The molecule has 1 atom stereocenters. The topological polar surface area (TPSA) is 49.2 Å². The summed E-state index contributed by atoms with van der Waals surface area (Å²) in [6, 6.07) is 0. The van der Waals surface area contributed by atoms with Crippen LogP contribution in [0.1, 0.15) is 26.7 Å². The molecule has 0 aliphatic rings. The summed E-state index contributed by atoms with van der Waals surface area (Å²) in [4.78, 5) is 0. The number of ether oxygens (including phenoxy) is 1. The van der Waals surface area contributed by atoms with Crippen molar-refractivity contribution in [1.82, 2.24) is 10.3 Å². The molecule has 0 heterocycles. The monoisotopic (exact) mass is 254 g/mol. The van der Waals surface area contributed by atoms with Crippen LogP contribution in [0.2, 0.25) is 0 Å². The Hall–Kier alpha value is -1.20. The smallest absolute Gasteiger partial charge is 0.0635 e. The van der Waals surface area contributed by atoms with Gasteiger partial charge in [0.1, 0.15) is 0 Å². The zero-order chi connectivity index (χ0) is 13.9. The first-order chi connectivity index (χ1) is 8.64. The van der Waals surface area contributed by atoms with Crippen LogP contribution in [0.5, 0.6) is 0 Å². The van der Waals surface area contributed by atoms with Gasteiger partial charge in [0.15, 0.2) is 0 Å². The van der Waals surface area contributed by atoms with Gasteiger partial charge in [0.05, 0.1) is 12.1 Å². The highest BCUT2D eigenvalue weighted by atomic mass is 16.5. The van der Waals surface area contributed by atoms with E-state index in [9.17, 15) is 0 Å². The molecule has 0 bridgehead atoms. The number of hydrogen-bond acceptors (Lipinski definition) is 4. The minimum atomic E-state index is -0.131. The fourth-order valence-corrected chi connectivity index (χ4v) is 1.48. The predicted molar refractivity (Wildman–Crippen MR) is 75.1 cm³/mol. The molecular formula is C13H26N4O. The van der Waals surface area contributed by atoms with Crippen molar-refractivity contribution in [1.29, 1.82) is 0 Å². The van der Waals surface area contributed by atoms with E-state index >= 15 is 0 Å². The SMILES string of the molecule is C=CN=NN(C=C)C(C)(CC)CCOCCNC. The molecule has 0 radical (unpaired) electrons. The Balaban J connectivity index is 4.33. The predicted octanol–water partition coefficient (Wildman–Crippen LogP) is 2.74. The molecule has 0 saturated carbocycles. The van der Waals surface area contributed by atoms with E-state index in [2.05, 4.69) is 42.7 Å². The summed E-state index contributed by atoms with van der Waals surface area (Å²) in [6.07, 6.45) is 4.90. The lowest BCUT2D eigenvalue weighted by atomic mass is 9.94. The van der Waals surface area contributed by atoms with Crippen LogP contribution in [-0.2, 0) is 4.74 Å². The fraction of sp³-hybridized carbons (Fsp3) is 0.692. The molecule has 104 valence electrons. The Bertz CT molecular complexity index is 268. The van der Waals surface area contributed by atoms with E-state index in [0.29, 0.717) is 6.61 Å². The largest absolute Gasteiger partial charge is 0.380 e. The Morgan fingerprint density at radius 2 is 2.11 bits per heavy atom. The minimum Gasteiger partial charge on any atom is -0.380 e. The lowest BCUT2D eigenvalue weighted by molar-refractivity contribution is 0.0703. The van der Waals surface area contributed by atoms with E-state index in [-0.39, 0.29) is 5.54 Å². The van der Waals surface area contributed by atoms with Crippen molar-refractivity contribution in [2.75, 3.05) is 26.8 Å². The molecule has 0 amide bonds. The number of nitrogens with zero attached hydrogens (tertiary/aromatic N) is 3. The summed E-state index contributed by atoms with van der Waals surface area (Å²) in [5, 5.41) is 12.7. The third kappa shape index (κ3) is 5.93. The molecule has 0 aromatic carbocycles. The van der Waals surface area contributed by atoms with E-state index in [1.54, 1.807) is 11.2 Å². The molecule has 0 spiro atoms. The molecule has 0 aliphatic heterocycles. The van der Waals surface area contributed by atoms with Crippen LogP contribution >= 0.6 is 0 Å². The number of likely N-dealkylation sites (N-methyl/N-ethyl adjacent to an activating group) is 1. The van der Waals surface area contributed by atoms with Gasteiger partial charge in [-0.3, -0.25) is 0 Å². The van der Waals surface area contributed by atoms with Gasteiger partial charge in [-0.1, -0.05) is 25.3 Å². The molecule has 0 saturated heterocycles. The van der Waals surface area contributed by atoms with E-state index in [1.807, 2.05) is 7.05 Å². The Morgan fingerprint density at radius 3 is 2.61 bits per heavy atom. The third-order valence-electron chi connectivity index (χ3n) is 3.00. The summed E-state index contributed by atoms with van der Waals surface area (Å²) in [5.74, 6) is 0. The van der Waals surface area contributed by atoms with E-state index in [1.165, 1.54) is 6.20 Å². The first-order valence-corrected chi connectivity index (χ1v) is 6.30. The van der Waals surface area contributed by atoms with Gasteiger partial charge < -0.3 is 10.1 Å². The van der Waals surface area contributed by atoms with Crippen molar-refractivity contribution in [3.63, 3.8) is 0 Å². The maximum absolute atomic E-state index is 5.55. The zero-order valence-corrected chi connectivity index (χ0v) is 11.9. The first kappa shape index (κ1) is 16.8. The molecule has 5 nitrogen and oxygen atoms in total. The van der Waals surface area contributed by atoms with Gasteiger partial charge in [-0.2, -0.15) is 0 Å². The Labute approximate surface area is 111 Å². The van der Waals surface area contributed by atoms with Gasteiger partial charge in [0.2, 0.25) is 0 Å². The number of rotatable bonds is 11. The second-order valence-electron chi connectivity index (χ2n) is 4.23. The van der Waals surface area contributed by atoms with Gasteiger partial charge in [0, 0.05) is 25.6 Å². The maximum Gasteiger partial charge on any atom is 0.0635 e. The second kappa shape index (κ2) is 9.79. The highest BCUT2D eigenvalue weighted by molar-refractivity contribution is 4.88. The molecule has 18 heavy (non-hydrogen) atoms. The van der Waals surface area contributed by atoms with Crippen LogP contribution in [0.15, 0.2) is 35.9 Å². The average Bonchev–Trinajstić information content (AvgIpc) is 2.39. The van der Waals surface area contributed by atoms with Crippen molar-refractivity contribution in [3.05, 3.63) is 25.6 Å². The molecule has 5 heteroatoms. The molecular weight excluding hydrogens is 228 g/mol. The zero-order valence-electron chi connectivity index (χ0n) is 11.9. The fourth-order valence-electron chi connectivity index (χ4n) is 1.48. The number of hydrogen-bond donors (Lipinski definition) is 1. The highest BCUT2D eigenvalue weighted by Gasteiger charge is 2.28. The second-order valence-corrected chi connectivity index (χ2v) is 4.23. The van der Waals surface area contributed by atoms with Gasteiger partial charge in [-0.05, 0) is 26.8 Å². The lowest BCUT2D eigenvalue weighted by Crippen LogP contribution is -2.40. The molecule has 0 aromatic heterocycles. The average molecular weight is 254 g/mol. The molecule has 0 aliphatic carbocycles. The van der Waals surface area contributed by atoms with Crippen LogP contribution in [0, 0.1) is 0 Å². The van der Waals surface area contributed by atoms with Crippen LogP contribution in [0.4, 0.5) is 0 Å². The quantitative estimate of drug-likeness (QED) is 0.350. The standard InChI is InChI=1S/C13H26N4O/c1-6-13(4,9-11-18-12-10-14-5)17(8-3)16-15-7-2/h7-8,14H,2-3,6,9-12H2,1,4-5H3. The van der Waals surface area contributed by atoms with Crippen molar-refractivity contribution < 1.29 is 4.74 Å². The van der Waals surface area contributed by atoms with Crippen molar-refractivity contribution in [3.8, 4) is 0 Å². The summed E-state index contributed by atoms with van der Waals surface area (Å²) in [6.45, 7) is 13.8. The van der Waals surface area contributed by atoms with E-state index in [4.69, 9.17) is 4.74 Å². The molecule has 0 rings (SSSR count). The molecule has 1 N–H and O–H groups in total. The van der Waals surface area contributed by atoms with Crippen LogP contribution in [0.3, 0.4) is 0 Å². The number of nitrogens with one attached hydrogen (secondary N) is 1. The lowest BCUT2D eigenvalue weighted by Gasteiger charge is -2.35. The Kier molecular flexibility index (Phi) is 9.14. The van der Waals surface area contributed by atoms with E-state index in [0.717, 1.165) is 26.0 Å². The van der Waals surface area contributed by atoms with Gasteiger partial charge in [0.25, 0.3) is 0 Å².